The Hall–Kier alpha value is -2.83. The second-order valence-electron chi connectivity index (χ2n) is 4.96. The summed E-state index contributed by atoms with van der Waals surface area (Å²) in [6.07, 6.45) is 0. The van der Waals surface area contributed by atoms with Crippen molar-refractivity contribution in [2.45, 2.75) is 13.5 Å². The number of carboxylic acid groups (broad SMARTS) is 1. The normalized spacial score (nSPS) is 10.5. The molecule has 7 heteroatoms. The van der Waals surface area contributed by atoms with E-state index in [9.17, 15) is 14.4 Å². The van der Waals surface area contributed by atoms with Crippen LogP contribution < -0.4 is 5.56 Å². The number of rotatable bonds is 4. The number of nitrogens with zero attached hydrogens (tertiary/aromatic N) is 2. The van der Waals surface area contributed by atoms with Crippen molar-refractivity contribution in [3.8, 4) is 0 Å². The fourth-order valence-corrected chi connectivity index (χ4v) is 2.11. The standard InChI is InChI=1S/C15H16N2O5/c1-9-11(15(20)21)7-10(22-9)8-16(2)14(19)12-5-4-6-13(18)17(12)3/h4-7H,8H2,1-3H3,(H,20,21). The van der Waals surface area contributed by atoms with Gasteiger partial charge in [-0.05, 0) is 19.1 Å². The van der Waals surface area contributed by atoms with Gasteiger partial charge in [-0.2, -0.15) is 0 Å². The van der Waals surface area contributed by atoms with Crippen molar-refractivity contribution >= 4 is 11.9 Å². The van der Waals surface area contributed by atoms with E-state index in [0.717, 1.165) is 0 Å². The smallest absolute Gasteiger partial charge is 0.339 e. The Labute approximate surface area is 126 Å². The van der Waals surface area contributed by atoms with E-state index in [1.54, 1.807) is 20.0 Å². The molecule has 0 atom stereocenters. The number of hydrogen-bond donors (Lipinski definition) is 1. The Morgan fingerprint density at radius 1 is 1.36 bits per heavy atom. The van der Waals surface area contributed by atoms with E-state index in [-0.39, 0.29) is 35.0 Å². The minimum absolute atomic E-state index is 0.0722. The zero-order chi connectivity index (χ0) is 16.4. The topological polar surface area (TPSA) is 92.8 Å². The molecule has 0 unspecified atom stereocenters. The zero-order valence-electron chi connectivity index (χ0n) is 12.5. The van der Waals surface area contributed by atoms with Crippen LogP contribution in [0.15, 0.2) is 33.5 Å². The highest BCUT2D eigenvalue weighted by atomic mass is 16.4. The largest absolute Gasteiger partial charge is 0.478 e. The number of aryl methyl sites for hydroxylation is 1. The van der Waals surface area contributed by atoms with Gasteiger partial charge < -0.3 is 19.0 Å². The van der Waals surface area contributed by atoms with E-state index in [0.29, 0.717) is 5.76 Å². The molecule has 0 aliphatic heterocycles. The molecule has 22 heavy (non-hydrogen) atoms. The van der Waals surface area contributed by atoms with E-state index in [2.05, 4.69) is 0 Å². The van der Waals surface area contributed by atoms with Crippen molar-refractivity contribution in [3.05, 3.63) is 57.4 Å². The van der Waals surface area contributed by atoms with E-state index in [4.69, 9.17) is 9.52 Å². The lowest BCUT2D eigenvalue weighted by molar-refractivity contribution is 0.0694. The van der Waals surface area contributed by atoms with Crippen LogP contribution in [-0.2, 0) is 13.6 Å². The van der Waals surface area contributed by atoms with Gasteiger partial charge in [0.05, 0.1) is 6.54 Å². The van der Waals surface area contributed by atoms with Gasteiger partial charge in [0.15, 0.2) is 0 Å². The maximum atomic E-state index is 12.4. The monoisotopic (exact) mass is 304 g/mol. The van der Waals surface area contributed by atoms with E-state index in [1.165, 1.54) is 34.7 Å². The fraction of sp³-hybridized carbons (Fsp3) is 0.267. The van der Waals surface area contributed by atoms with Gasteiger partial charge in [-0.1, -0.05) is 6.07 Å². The number of hydrogen-bond acceptors (Lipinski definition) is 4. The summed E-state index contributed by atoms with van der Waals surface area (Å²) in [5.41, 5.74) is 0.0425. The summed E-state index contributed by atoms with van der Waals surface area (Å²) < 4.78 is 6.60. The molecule has 0 spiro atoms. The lowest BCUT2D eigenvalue weighted by Crippen LogP contribution is -2.31. The molecular formula is C15H16N2O5. The SMILES string of the molecule is Cc1oc(CN(C)C(=O)c2cccc(=O)n2C)cc1C(=O)O. The van der Waals surface area contributed by atoms with E-state index < -0.39 is 5.97 Å². The molecular weight excluding hydrogens is 288 g/mol. The predicted molar refractivity (Wildman–Crippen MR) is 77.9 cm³/mol. The van der Waals surface area contributed by atoms with Gasteiger partial charge in [0.2, 0.25) is 0 Å². The average Bonchev–Trinajstić information content (AvgIpc) is 2.82. The number of aromatic nitrogens is 1. The number of aromatic carboxylic acids is 1. The molecule has 0 aliphatic rings. The second-order valence-corrected chi connectivity index (χ2v) is 4.96. The maximum absolute atomic E-state index is 12.4. The number of pyridine rings is 1. The maximum Gasteiger partial charge on any atom is 0.339 e. The van der Waals surface area contributed by atoms with Crippen LogP contribution in [0.3, 0.4) is 0 Å². The van der Waals surface area contributed by atoms with Crippen LogP contribution in [0.4, 0.5) is 0 Å². The summed E-state index contributed by atoms with van der Waals surface area (Å²) in [6, 6.07) is 5.83. The first kappa shape index (κ1) is 15.6. The van der Waals surface area contributed by atoms with Crippen molar-refractivity contribution < 1.29 is 19.1 Å². The van der Waals surface area contributed by atoms with Crippen LogP contribution in [0.25, 0.3) is 0 Å². The second kappa shape index (κ2) is 5.88. The third-order valence-corrected chi connectivity index (χ3v) is 3.34. The molecule has 116 valence electrons. The van der Waals surface area contributed by atoms with Gasteiger partial charge in [-0.15, -0.1) is 0 Å². The molecule has 7 nitrogen and oxygen atoms in total. The summed E-state index contributed by atoms with van der Waals surface area (Å²) in [5, 5.41) is 8.99. The van der Waals surface area contributed by atoms with Crippen molar-refractivity contribution in [2.75, 3.05) is 7.05 Å². The first-order valence-corrected chi connectivity index (χ1v) is 6.55. The Morgan fingerprint density at radius 2 is 2.05 bits per heavy atom. The van der Waals surface area contributed by atoms with E-state index >= 15 is 0 Å². The molecule has 0 saturated carbocycles. The molecule has 0 saturated heterocycles. The molecule has 2 heterocycles. The van der Waals surface area contributed by atoms with Crippen molar-refractivity contribution in [3.63, 3.8) is 0 Å². The number of carboxylic acids is 1. The molecule has 0 bridgehead atoms. The fourth-order valence-electron chi connectivity index (χ4n) is 2.11. The Kier molecular flexibility index (Phi) is 4.16. The first-order valence-electron chi connectivity index (χ1n) is 6.55. The van der Waals surface area contributed by atoms with Gasteiger partial charge in [-0.3, -0.25) is 9.59 Å². The number of carbonyl (C=O) groups is 2. The molecule has 2 aromatic heterocycles. The van der Waals surface area contributed by atoms with Crippen LogP contribution in [-0.4, -0.2) is 33.5 Å². The molecule has 1 amide bonds. The summed E-state index contributed by atoms with van der Waals surface area (Å²) in [5.74, 6) is -0.778. The Bertz CT molecular complexity index is 787. The van der Waals surface area contributed by atoms with Crippen LogP contribution >= 0.6 is 0 Å². The van der Waals surface area contributed by atoms with Crippen molar-refractivity contribution in [1.29, 1.82) is 0 Å². The summed E-state index contributed by atoms with van der Waals surface area (Å²) >= 11 is 0. The Morgan fingerprint density at radius 3 is 2.64 bits per heavy atom. The minimum Gasteiger partial charge on any atom is -0.478 e. The van der Waals surface area contributed by atoms with Crippen LogP contribution in [0, 0.1) is 6.92 Å². The first-order chi connectivity index (χ1) is 10.3. The molecule has 0 radical (unpaired) electrons. The Balaban J connectivity index is 2.22. The highest BCUT2D eigenvalue weighted by Crippen LogP contribution is 2.16. The average molecular weight is 304 g/mol. The van der Waals surface area contributed by atoms with Crippen molar-refractivity contribution in [1.82, 2.24) is 9.47 Å². The summed E-state index contributed by atoms with van der Waals surface area (Å²) in [6.45, 7) is 1.66. The van der Waals surface area contributed by atoms with Crippen LogP contribution in [0.2, 0.25) is 0 Å². The highest BCUT2D eigenvalue weighted by Gasteiger charge is 2.19. The summed E-state index contributed by atoms with van der Waals surface area (Å²) in [7, 11) is 3.07. The van der Waals surface area contributed by atoms with E-state index in [1.807, 2.05) is 0 Å². The lowest BCUT2D eigenvalue weighted by Gasteiger charge is -2.17. The van der Waals surface area contributed by atoms with Crippen molar-refractivity contribution in [2.24, 2.45) is 7.05 Å². The minimum atomic E-state index is -1.08. The van der Waals surface area contributed by atoms with Gasteiger partial charge in [0.25, 0.3) is 11.5 Å². The van der Waals surface area contributed by atoms with Crippen LogP contribution in [0.5, 0.6) is 0 Å². The molecule has 0 aliphatic carbocycles. The quantitative estimate of drug-likeness (QED) is 0.918. The summed E-state index contributed by atoms with van der Waals surface area (Å²) in [4.78, 5) is 36.3. The van der Waals surface area contributed by atoms with Gasteiger partial charge in [0.1, 0.15) is 22.8 Å². The van der Waals surface area contributed by atoms with Gasteiger partial charge >= 0.3 is 5.97 Å². The lowest BCUT2D eigenvalue weighted by atomic mass is 10.2. The third-order valence-electron chi connectivity index (χ3n) is 3.34. The van der Waals surface area contributed by atoms with Crippen LogP contribution in [0.1, 0.15) is 32.4 Å². The zero-order valence-corrected chi connectivity index (χ0v) is 12.5. The van der Waals surface area contributed by atoms with Gasteiger partial charge in [-0.25, -0.2) is 4.79 Å². The molecule has 0 aromatic carbocycles. The molecule has 2 aromatic rings. The predicted octanol–water partition coefficient (Wildman–Crippen LogP) is 1.26. The van der Waals surface area contributed by atoms with Gasteiger partial charge in [0, 0.05) is 20.2 Å². The molecule has 0 fully saturated rings. The highest BCUT2D eigenvalue weighted by molar-refractivity contribution is 5.92. The molecule has 2 rings (SSSR count). The number of amides is 1. The number of carbonyl (C=O) groups excluding carboxylic acids is 1. The molecule has 1 N–H and O–H groups in total. The number of furan rings is 1. The third kappa shape index (κ3) is 2.93.